The smallest absolute Gasteiger partial charge is 0.0875 e. The van der Waals surface area contributed by atoms with Crippen LogP contribution in [0.4, 0.5) is 5.69 Å². The summed E-state index contributed by atoms with van der Waals surface area (Å²) in [6, 6.07) is 5.64. The maximum atomic E-state index is 5.62. The second-order valence-electron chi connectivity index (χ2n) is 2.12. The molecule has 2 aromatic heterocycles. The van der Waals surface area contributed by atoms with E-state index < -0.39 is 0 Å². The van der Waals surface area contributed by atoms with E-state index in [4.69, 9.17) is 5.73 Å². The first-order chi connectivity index (χ1) is 4.88. The molecule has 0 aliphatic rings. The number of anilines is 1. The molecule has 2 rings (SSSR count). The summed E-state index contributed by atoms with van der Waals surface area (Å²) < 4.78 is 1.75. The lowest BCUT2D eigenvalue weighted by molar-refractivity contribution is 0.941. The van der Waals surface area contributed by atoms with Crippen molar-refractivity contribution in [3.63, 3.8) is 0 Å². The molecule has 10 heavy (non-hydrogen) atoms. The van der Waals surface area contributed by atoms with E-state index in [1.165, 1.54) is 0 Å². The maximum Gasteiger partial charge on any atom is 0.0875 e. The molecular formula is C7H7N3. The van der Waals surface area contributed by atoms with E-state index in [9.17, 15) is 0 Å². The quantitative estimate of drug-likeness (QED) is 0.580. The van der Waals surface area contributed by atoms with Crippen LogP contribution in [-0.2, 0) is 0 Å². The number of hydrogen-bond acceptors (Lipinski definition) is 2. The molecule has 0 saturated heterocycles. The molecule has 2 heterocycles. The van der Waals surface area contributed by atoms with E-state index in [1.54, 1.807) is 10.7 Å². The molecule has 0 radical (unpaired) electrons. The Morgan fingerprint density at radius 1 is 1.40 bits per heavy atom. The van der Waals surface area contributed by atoms with Gasteiger partial charge >= 0.3 is 0 Å². The van der Waals surface area contributed by atoms with Crippen LogP contribution in [0.15, 0.2) is 30.6 Å². The van der Waals surface area contributed by atoms with Gasteiger partial charge in [0.05, 0.1) is 11.2 Å². The van der Waals surface area contributed by atoms with Crippen LogP contribution in [0.3, 0.4) is 0 Å². The molecule has 0 unspecified atom stereocenters. The molecule has 0 amide bonds. The van der Waals surface area contributed by atoms with Crippen LogP contribution in [0.2, 0.25) is 0 Å². The highest BCUT2D eigenvalue weighted by Crippen LogP contribution is 2.11. The third-order valence-corrected chi connectivity index (χ3v) is 1.47. The average Bonchev–Trinajstić information content (AvgIpc) is 2.34. The Hall–Kier alpha value is -1.51. The van der Waals surface area contributed by atoms with Gasteiger partial charge in [-0.05, 0) is 18.2 Å². The van der Waals surface area contributed by atoms with Crippen molar-refractivity contribution in [3.8, 4) is 0 Å². The number of hydrogen-bond donors (Lipinski definition) is 1. The van der Waals surface area contributed by atoms with Crippen LogP contribution in [0.5, 0.6) is 0 Å². The zero-order valence-electron chi connectivity index (χ0n) is 5.36. The van der Waals surface area contributed by atoms with Gasteiger partial charge in [-0.3, -0.25) is 0 Å². The number of nitrogen functional groups attached to an aromatic ring is 1. The Balaban J connectivity index is 2.93. The van der Waals surface area contributed by atoms with Crippen molar-refractivity contribution in [2.75, 3.05) is 5.73 Å². The van der Waals surface area contributed by atoms with Crippen LogP contribution in [0, 0.1) is 0 Å². The normalized spacial score (nSPS) is 10.4. The summed E-state index contributed by atoms with van der Waals surface area (Å²) in [4.78, 5) is 0. The lowest BCUT2D eigenvalue weighted by Gasteiger charge is -1.90. The number of aromatic nitrogens is 2. The molecule has 0 saturated carbocycles. The molecule has 0 bridgehead atoms. The van der Waals surface area contributed by atoms with E-state index >= 15 is 0 Å². The van der Waals surface area contributed by atoms with Gasteiger partial charge in [-0.2, -0.15) is 5.10 Å². The molecule has 0 fully saturated rings. The summed E-state index contributed by atoms with van der Waals surface area (Å²) in [5.74, 6) is 0. The van der Waals surface area contributed by atoms with Gasteiger partial charge in [-0.1, -0.05) is 0 Å². The van der Waals surface area contributed by atoms with E-state index in [-0.39, 0.29) is 0 Å². The first-order valence-corrected chi connectivity index (χ1v) is 3.06. The van der Waals surface area contributed by atoms with Crippen LogP contribution in [0.1, 0.15) is 0 Å². The van der Waals surface area contributed by atoms with Gasteiger partial charge in [-0.25, -0.2) is 4.52 Å². The second kappa shape index (κ2) is 1.73. The molecule has 2 aromatic rings. The van der Waals surface area contributed by atoms with Gasteiger partial charge in [0, 0.05) is 12.4 Å². The predicted octanol–water partition coefficient (Wildman–Crippen LogP) is 0.916. The van der Waals surface area contributed by atoms with Crippen molar-refractivity contribution < 1.29 is 0 Å². The molecule has 2 N–H and O–H groups in total. The van der Waals surface area contributed by atoms with Crippen molar-refractivity contribution in [1.29, 1.82) is 0 Å². The summed E-state index contributed by atoms with van der Waals surface area (Å²) in [6.07, 6.45) is 3.57. The molecular weight excluding hydrogens is 126 g/mol. The fourth-order valence-corrected chi connectivity index (χ4v) is 0.967. The minimum atomic E-state index is 0.771. The van der Waals surface area contributed by atoms with E-state index in [1.807, 2.05) is 24.4 Å². The maximum absolute atomic E-state index is 5.62. The zero-order chi connectivity index (χ0) is 6.97. The van der Waals surface area contributed by atoms with Gasteiger partial charge in [0.15, 0.2) is 0 Å². The molecule has 0 aromatic carbocycles. The summed E-state index contributed by atoms with van der Waals surface area (Å²) in [6.45, 7) is 0. The summed E-state index contributed by atoms with van der Waals surface area (Å²) in [7, 11) is 0. The van der Waals surface area contributed by atoms with Crippen LogP contribution in [0.25, 0.3) is 5.52 Å². The van der Waals surface area contributed by atoms with Crippen molar-refractivity contribution in [2.24, 2.45) is 0 Å². The van der Waals surface area contributed by atoms with Crippen molar-refractivity contribution >= 4 is 11.2 Å². The summed E-state index contributed by atoms with van der Waals surface area (Å²) in [5.41, 5.74) is 7.35. The lowest BCUT2D eigenvalue weighted by atomic mass is 10.4. The highest BCUT2D eigenvalue weighted by molar-refractivity contribution is 5.69. The Kier molecular flexibility index (Phi) is 0.917. The summed E-state index contributed by atoms with van der Waals surface area (Å²) >= 11 is 0. The van der Waals surface area contributed by atoms with E-state index in [0.717, 1.165) is 11.2 Å². The number of rotatable bonds is 0. The van der Waals surface area contributed by atoms with E-state index in [2.05, 4.69) is 5.10 Å². The number of nitrogens with zero attached hydrogens (tertiary/aromatic N) is 2. The Morgan fingerprint density at radius 2 is 2.30 bits per heavy atom. The Morgan fingerprint density at radius 3 is 3.10 bits per heavy atom. The van der Waals surface area contributed by atoms with Gasteiger partial charge in [-0.15, -0.1) is 0 Å². The van der Waals surface area contributed by atoms with Crippen LogP contribution in [-0.4, -0.2) is 9.61 Å². The third kappa shape index (κ3) is 0.572. The number of nitrogens with two attached hydrogens (primary N) is 1. The predicted molar refractivity (Wildman–Crippen MR) is 39.6 cm³/mol. The van der Waals surface area contributed by atoms with Gasteiger partial charge in [0.1, 0.15) is 0 Å². The molecule has 3 nitrogen and oxygen atoms in total. The monoisotopic (exact) mass is 133 g/mol. The van der Waals surface area contributed by atoms with E-state index in [0.29, 0.717) is 0 Å². The SMILES string of the molecule is Nc1ccn2ncccc12. The number of fused-ring (bicyclic) bond motifs is 1. The van der Waals surface area contributed by atoms with Gasteiger partial charge in [0.2, 0.25) is 0 Å². The summed E-state index contributed by atoms with van der Waals surface area (Å²) in [5, 5.41) is 4.04. The van der Waals surface area contributed by atoms with Gasteiger partial charge in [0.25, 0.3) is 0 Å². The second-order valence-corrected chi connectivity index (χ2v) is 2.12. The molecule has 0 spiro atoms. The minimum Gasteiger partial charge on any atom is -0.397 e. The van der Waals surface area contributed by atoms with Gasteiger partial charge < -0.3 is 5.73 Å². The minimum absolute atomic E-state index is 0.771. The Labute approximate surface area is 58.1 Å². The van der Waals surface area contributed by atoms with Crippen molar-refractivity contribution in [3.05, 3.63) is 30.6 Å². The van der Waals surface area contributed by atoms with Crippen molar-refractivity contribution in [2.45, 2.75) is 0 Å². The highest BCUT2D eigenvalue weighted by Gasteiger charge is 1.94. The first-order valence-electron chi connectivity index (χ1n) is 3.06. The topological polar surface area (TPSA) is 43.3 Å². The molecule has 0 atom stereocenters. The standard InChI is InChI=1S/C7H7N3/c8-6-3-5-10-7(6)2-1-4-9-10/h1-5H,8H2. The van der Waals surface area contributed by atoms with Crippen molar-refractivity contribution in [1.82, 2.24) is 9.61 Å². The van der Waals surface area contributed by atoms with Crippen LogP contribution < -0.4 is 5.73 Å². The first kappa shape index (κ1) is 5.29. The average molecular weight is 133 g/mol. The third-order valence-electron chi connectivity index (χ3n) is 1.47. The molecule has 0 aliphatic heterocycles. The largest absolute Gasteiger partial charge is 0.397 e. The molecule has 50 valence electrons. The lowest BCUT2D eigenvalue weighted by Crippen LogP contribution is -1.88. The fourth-order valence-electron chi connectivity index (χ4n) is 0.967. The Bertz CT molecular complexity index is 350. The highest BCUT2D eigenvalue weighted by atomic mass is 15.2. The fraction of sp³-hybridized carbons (Fsp3) is 0. The zero-order valence-corrected chi connectivity index (χ0v) is 5.36. The molecule has 3 heteroatoms. The molecule has 0 aliphatic carbocycles. The van der Waals surface area contributed by atoms with Crippen LogP contribution >= 0.6 is 0 Å².